The highest BCUT2D eigenvalue weighted by atomic mass is 19.3. The van der Waals surface area contributed by atoms with Crippen molar-refractivity contribution in [3.63, 3.8) is 0 Å². The Balaban J connectivity index is 1.54. The van der Waals surface area contributed by atoms with E-state index >= 15 is 0 Å². The zero-order valence-electron chi connectivity index (χ0n) is 12.0. The third-order valence-corrected chi connectivity index (χ3v) is 5.35. The maximum absolute atomic E-state index is 13.6. The standard InChI is InChI=1S/C16H24F2O2/c17-16(18,12-8-9-12)10-15(19)20-14-7-3-5-11-4-1-2-6-13(11)14/h11-14H,1-10H2. The molecule has 20 heavy (non-hydrogen) atoms. The van der Waals surface area contributed by atoms with Crippen molar-refractivity contribution >= 4 is 5.97 Å². The first-order valence-electron chi connectivity index (χ1n) is 8.13. The number of carbonyl (C=O) groups is 1. The third-order valence-electron chi connectivity index (χ3n) is 5.35. The minimum atomic E-state index is -2.85. The first-order chi connectivity index (χ1) is 9.56. The number of esters is 1. The molecule has 0 radical (unpaired) electrons. The van der Waals surface area contributed by atoms with Gasteiger partial charge < -0.3 is 4.74 Å². The van der Waals surface area contributed by atoms with Crippen LogP contribution in [0.2, 0.25) is 0 Å². The smallest absolute Gasteiger partial charge is 0.312 e. The summed E-state index contributed by atoms with van der Waals surface area (Å²) in [6.07, 6.45) is 8.20. The number of ether oxygens (including phenoxy) is 1. The van der Waals surface area contributed by atoms with Crippen molar-refractivity contribution in [1.82, 2.24) is 0 Å². The van der Waals surface area contributed by atoms with Gasteiger partial charge in [-0.05, 0) is 50.4 Å². The third kappa shape index (κ3) is 3.15. The monoisotopic (exact) mass is 286 g/mol. The Morgan fingerprint density at radius 1 is 1.00 bits per heavy atom. The molecule has 3 atom stereocenters. The molecule has 0 aromatic heterocycles. The average molecular weight is 286 g/mol. The first kappa shape index (κ1) is 14.3. The topological polar surface area (TPSA) is 26.3 Å². The molecule has 4 heteroatoms. The highest BCUT2D eigenvalue weighted by Gasteiger charge is 2.49. The van der Waals surface area contributed by atoms with Crippen molar-refractivity contribution in [3.05, 3.63) is 0 Å². The van der Waals surface area contributed by atoms with Gasteiger partial charge in [-0.3, -0.25) is 4.79 Å². The zero-order chi connectivity index (χ0) is 14.2. The van der Waals surface area contributed by atoms with Crippen LogP contribution < -0.4 is 0 Å². The summed E-state index contributed by atoms with van der Waals surface area (Å²) in [6.45, 7) is 0. The molecule has 3 unspecified atom stereocenters. The van der Waals surface area contributed by atoms with Crippen LogP contribution in [-0.2, 0) is 9.53 Å². The van der Waals surface area contributed by atoms with E-state index in [1.807, 2.05) is 0 Å². The lowest BCUT2D eigenvalue weighted by atomic mass is 9.69. The minimum Gasteiger partial charge on any atom is -0.462 e. The molecule has 0 saturated heterocycles. The van der Waals surface area contributed by atoms with Gasteiger partial charge in [-0.15, -0.1) is 0 Å². The van der Waals surface area contributed by atoms with E-state index in [1.54, 1.807) is 0 Å². The van der Waals surface area contributed by atoms with Gasteiger partial charge in [-0.2, -0.15) is 0 Å². The molecule has 3 aliphatic rings. The van der Waals surface area contributed by atoms with E-state index in [0.717, 1.165) is 19.3 Å². The Hall–Kier alpha value is -0.670. The normalized spacial score (nSPS) is 34.4. The SMILES string of the molecule is O=C(CC(F)(F)C1CC1)OC1CCCC2CCCCC21. The number of alkyl halides is 2. The molecule has 0 aromatic rings. The van der Waals surface area contributed by atoms with Gasteiger partial charge in [0.05, 0.1) is 0 Å². The van der Waals surface area contributed by atoms with Crippen molar-refractivity contribution in [2.45, 2.75) is 76.2 Å². The Bertz CT molecular complexity index is 363. The summed E-state index contributed by atoms with van der Waals surface area (Å²) < 4.78 is 32.7. The van der Waals surface area contributed by atoms with Crippen molar-refractivity contribution in [1.29, 1.82) is 0 Å². The molecule has 0 amide bonds. The van der Waals surface area contributed by atoms with Crippen LogP contribution in [0.5, 0.6) is 0 Å². The molecule has 3 aliphatic carbocycles. The number of halogens is 2. The van der Waals surface area contributed by atoms with Gasteiger partial charge in [-0.25, -0.2) is 8.78 Å². The highest BCUT2D eigenvalue weighted by molar-refractivity contribution is 5.70. The number of hydrogen-bond acceptors (Lipinski definition) is 2. The van der Waals surface area contributed by atoms with Crippen LogP contribution >= 0.6 is 0 Å². The second-order valence-corrected chi connectivity index (χ2v) is 6.88. The fourth-order valence-corrected chi connectivity index (χ4v) is 4.08. The maximum Gasteiger partial charge on any atom is 0.312 e. The molecule has 114 valence electrons. The Morgan fingerprint density at radius 3 is 2.45 bits per heavy atom. The summed E-state index contributed by atoms with van der Waals surface area (Å²) in [7, 11) is 0. The van der Waals surface area contributed by atoms with Gasteiger partial charge in [0.2, 0.25) is 0 Å². The first-order valence-corrected chi connectivity index (χ1v) is 8.13. The molecular formula is C16H24F2O2. The number of carbonyl (C=O) groups excluding carboxylic acids is 1. The number of hydrogen-bond donors (Lipinski definition) is 0. The second kappa shape index (κ2) is 5.61. The van der Waals surface area contributed by atoms with Crippen molar-refractivity contribution in [3.8, 4) is 0 Å². The predicted octanol–water partition coefficient (Wildman–Crippen LogP) is 4.32. The molecule has 0 N–H and O–H groups in total. The van der Waals surface area contributed by atoms with E-state index in [0.29, 0.717) is 24.7 Å². The molecule has 0 spiro atoms. The van der Waals surface area contributed by atoms with Crippen LogP contribution in [0, 0.1) is 17.8 Å². The molecule has 3 saturated carbocycles. The van der Waals surface area contributed by atoms with Gasteiger partial charge in [0.25, 0.3) is 5.92 Å². The van der Waals surface area contributed by atoms with Crippen molar-refractivity contribution < 1.29 is 18.3 Å². The van der Waals surface area contributed by atoms with E-state index in [4.69, 9.17) is 4.74 Å². The summed E-state index contributed by atoms with van der Waals surface area (Å²) in [5.41, 5.74) is 0. The lowest BCUT2D eigenvalue weighted by Gasteiger charge is -2.40. The van der Waals surface area contributed by atoms with Gasteiger partial charge in [-0.1, -0.05) is 19.3 Å². The number of rotatable bonds is 4. The summed E-state index contributed by atoms with van der Waals surface area (Å²) in [5.74, 6) is -3.03. The fourth-order valence-electron chi connectivity index (χ4n) is 4.08. The van der Waals surface area contributed by atoms with E-state index in [2.05, 4.69) is 0 Å². The van der Waals surface area contributed by atoms with E-state index in [9.17, 15) is 13.6 Å². The maximum atomic E-state index is 13.6. The van der Waals surface area contributed by atoms with Crippen LogP contribution in [-0.4, -0.2) is 18.0 Å². The second-order valence-electron chi connectivity index (χ2n) is 6.88. The van der Waals surface area contributed by atoms with Crippen LogP contribution in [0.25, 0.3) is 0 Å². The van der Waals surface area contributed by atoms with Gasteiger partial charge in [0.15, 0.2) is 0 Å². The minimum absolute atomic E-state index is 0.100. The van der Waals surface area contributed by atoms with Crippen LogP contribution in [0.3, 0.4) is 0 Å². The molecule has 0 aromatic carbocycles. The largest absolute Gasteiger partial charge is 0.462 e. The lowest BCUT2D eigenvalue weighted by molar-refractivity contribution is -0.165. The molecular weight excluding hydrogens is 262 g/mol. The zero-order valence-corrected chi connectivity index (χ0v) is 12.0. The average Bonchev–Trinajstić information content (AvgIpc) is 3.23. The van der Waals surface area contributed by atoms with Gasteiger partial charge in [0.1, 0.15) is 12.5 Å². The summed E-state index contributed by atoms with van der Waals surface area (Å²) in [4.78, 5) is 11.8. The Kier molecular flexibility index (Phi) is 4.00. The van der Waals surface area contributed by atoms with E-state index < -0.39 is 24.2 Å². The molecule has 3 fully saturated rings. The molecule has 2 nitrogen and oxygen atoms in total. The Morgan fingerprint density at radius 2 is 1.70 bits per heavy atom. The van der Waals surface area contributed by atoms with E-state index in [1.165, 1.54) is 25.7 Å². The van der Waals surface area contributed by atoms with Crippen LogP contribution in [0.1, 0.15) is 64.2 Å². The summed E-state index contributed by atoms with van der Waals surface area (Å²) in [6, 6.07) is 0. The molecule has 0 aliphatic heterocycles. The molecule has 3 rings (SSSR count). The summed E-state index contributed by atoms with van der Waals surface area (Å²) in [5, 5.41) is 0. The fraction of sp³-hybridized carbons (Fsp3) is 0.938. The quantitative estimate of drug-likeness (QED) is 0.719. The predicted molar refractivity (Wildman–Crippen MR) is 71.5 cm³/mol. The Labute approximate surface area is 119 Å². The highest BCUT2D eigenvalue weighted by Crippen LogP contribution is 2.46. The lowest BCUT2D eigenvalue weighted by Crippen LogP contribution is -2.38. The van der Waals surface area contributed by atoms with Crippen molar-refractivity contribution in [2.24, 2.45) is 17.8 Å². The molecule has 0 heterocycles. The van der Waals surface area contributed by atoms with Gasteiger partial charge in [0, 0.05) is 5.92 Å². The van der Waals surface area contributed by atoms with Crippen LogP contribution in [0.4, 0.5) is 8.78 Å². The number of fused-ring (bicyclic) bond motifs is 1. The van der Waals surface area contributed by atoms with Gasteiger partial charge >= 0.3 is 5.97 Å². The van der Waals surface area contributed by atoms with Crippen molar-refractivity contribution in [2.75, 3.05) is 0 Å². The molecule has 0 bridgehead atoms. The van der Waals surface area contributed by atoms with Crippen LogP contribution in [0.15, 0.2) is 0 Å². The van der Waals surface area contributed by atoms with E-state index in [-0.39, 0.29) is 6.10 Å². The summed E-state index contributed by atoms with van der Waals surface area (Å²) >= 11 is 0.